The number of hydrogen-bond acceptors (Lipinski definition) is 5. The van der Waals surface area contributed by atoms with Crippen LogP contribution in [0, 0.1) is 0 Å². The van der Waals surface area contributed by atoms with Crippen molar-refractivity contribution in [1.29, 1.82) is 0 Å². The fourth-order valence-electron chi connectivity index (χ4n) is 1.85. The van der Waals surface area contributed by atoms with Crippen molar-refractivity contribution in [2.45, 2.75) is 19.6 Å². The van der Waals surface area contributed by atoms with Crippen molar-refractivity contribution < 1.29 is 9.53 Å². The van der Waals surface area contributed by atoms with Crippen LogP contribution in [0.3, 0.4) is 0 Å². The zero-order chi connectivity index (χ0) is 14.4. The second kappa shape index (κ2) is 7.12. The van der Waals surface area contributed by atoms with Crippen LogP contribution >= 0.6 is 0 Å². The van der Waals surface area contributed by atoms with E-state index < -0.39 is 0 Å². The monoisotopic (exact) mass is 276 g/mol. The van der Waals surface area contributed by atoms with Crippen LogP contribution in [0.1, 0.15) is 17.1 Å². The highest BCUT2D eigenvalue weighted by atomic mass is 16.5. The normalized spacial score (nSPS) is 14.6. The molecule has 2 rings (SSSR count). The maximum Gasteiger partial charge on any atom is 0.244 e. The fourth-order valence-corrected chi connectivity index (χ4v) is 1.85. The third-order valence-corrected chi connectivity index (χ3v) is 2.91. The Hall–Kier alpha value is -1.79. The summed E-state index contributed by atoms with van der Waals surface area (Å²) in [5.41, 5.74) is 2.07. The van der Waals surface area contributed by atoms with E-state index >= 15 is 0 Å². The van der Waals surface area contributed by atoms with E-state index in [-0.39, 0.29) is 5.91 Å². The molecule has 1 aromatic heterocycles. The summed E-state index contributed by atoms with van der Waals surface area (Å²) in [5, 5.41) is 2.78. The molecule has 0 spiro atoms. The van der Waals surface area contributed by atoms with Gasteiger partial charge in [-0.25, -0.2) is 9.97 Å². The molecule has 20 heavy (non-hydrogen) atoms. The molecule has 0 aliphatic carbocycles. The number of aromatic nitrogens is 2. The molecule has 1 aliphatic rings. The first-order valence-electron chi connectivity index (χ1n) is 6.65. The summed E-state index contributed by atoms with van der Waals surface area (Å²) >= 11 is 0. The van der Waals surface area contributed by atoms with E-state index in [0.29, 0.717) is 25.6 Å². The molecule has 0 saturated heterocycles. The smallest absolute Gasteiger partial charge is 0.244 e. The Morgan fingerprint density at radius 1 is 1.55 bits per heavy atom. The number of carbonyl (C=O) groups is 1. The van der Waals surface area contributed by atoms with Crippen LogP contribution < -0.4 is 5.32 Å². The Balaban J connectivity index is 1.84. The number of nitrogens with one attached hydrogen (secondary N) is 1. The standard InChI is InChI=1S/C14H20N4O2/c1-18(2)6-3-4-14(19)16-9-13-15-8-11-10-20-7-5-12(11)17-13/h3-4,8H,5-7,9-10H2,1-2H3,(H,16,19)/b4-3+. The lowest BCUT2D eigenvalue weighted by atomic mass is 10.1. The predicted octanol–water partition coefficient (Wildman–Crippen LogP) is 0.283. The minimum atomic E-state index is -0.128. The number of hydrogen-bond donors (Lipinski definition) is 1. The highest BCUT2D eigenvalue weighted by Gasteiger charge is 2.12. The minimum absolute atomic E-state index is 0.128. The molecular formula is C14H20N4O2. The maximum absolute atomic E-state index is 11.6. The van der Waals surface area contributed by atoms with Crippen LogP contribution in [0.2, 0.25) is 0 Å². The van der Waals surface area contributed by atoms with E-state index in [1.165, 1.54) is 6.08 Å². The summed E-state index contributed by atoms with van der Waals surface area (Å²) < 4.78 is 5.33. The molecule has 0 radical (unpaired) electrons. The second-order valence-electron chi connectivity index (χ2n) is 4.94. The van der Waals surface area contributed by atoms with E-state index in [1.54, 1.807) is 6.20 Å². The molecule has 0 unspecified atom stereocenters. The Bertz CT molecular complexity index is 500. The van der Waals surface area contributed by atoms with E-state index in [9.17, 15) is 4.79 Å². The minimum Gasteiger partial charge on any atom is -0.376 e. The number of fused-ring (bicyclic) bond motifs is 1. The van der Waals surface area contributed by atoms with Gasteiger partial charge in [-0.05, 0) is 14.1 Å². The molecule has 1 aliphatic heterocycles. The first-order chi connectivity index (χ1) is 9.65. The van der Waals surface area contributed by atoms with Gasteiger partial charge in [0.05, 0.1) is 25.5 Å². The molecule has 1 N–H and O–H groups in total. The fraction of sp³-hybridized carbons (Fsp3) is 0.500. The quantitative estimate of drug-likeness (QED) is 0.783. The van der Waals surface area contributed by atoms with Crippen LogP contribution in [0.15, 0.2) is 18.3 Å². The van der Waals surface area contributed by atoms with Gasteiger partial charge in [0.15, 0.2) is 0 Å². The van der Waals surface area contributed by atoms with E-state index in [4.69, 9.17) is 4.74 Å². The number of amides is 1. The predicted molar refractivity (Wildman–Crippen MR) is 74.9 cm³/mol. The molecule has 1 aromatic rings. The first kappa shape index (κ1) is 14.6. The second-order valence-corrected chi connectivity index (χ2v) is 4.94. The molecule has 0 saturated carbocycles. The van der Waals surface area contributed by atoms with Gasteiger partial charge in [0, 0.05) is 30.8 Å². The number of likely N-dealkylation sites (N-methyl/N-ethyl adjacent to an activating group) is 1. The van der Waals surface area contributed by atoms with Crippen molar-refractivity contribution in [1.82, 2.24) is 20.2 Å². The van der Waals surface area contributed by atoms with Crippen molar-refractivity contribution in [3.63, 3.8) is 0 Å². The van der Waals surface area contributed by atoms with E-state index in [2.05, 4.69) is 15.3 Å². The van der Waals surface area contributed by atoms with Gasteiger partial charge in [-0.3, -0.25) is 4.79 Å². The summed E-state index contributed by atoms with van der Waals surface area (Å²) in [5.74, 6) is 0.511. The first-order valence-corrected chi connectivity index (χ1v) is 6.65. The van der Waals surface area contributed by atoms with Gasteiger partial charge in [0.1, 0.15) is 5.82 Å². The van der Waals surface area contributed by atoms with Crippen molar-refractivity contribution in [2.75, 3.05) is 27.2 Å². The zero-order valence-electron chi connectivity index (χ0n) is 11.9. The van der Waals surface area contributed by atoms with Gasteiger partial charge < -0.3 is 15.0 Å². The van der Waals surface area contributed by atoms with Crippen LogP contribution in [0.5, 0.6) is 0 Å². The summed E-state index contributed by atoms with van der Waals surface area (Å²) in [7, 11) is 3.90. The number of ether oxygens (including phenoxy) is 1. The highest BCUT2D eigenvalue weighted by Crippen LogP contribution is 2.13. The molecular weight excluding hydrogens is 256 g/mol. The summed E-state index contributed by atoms with van der Waals surface area (Å²) in [6, 6.07) is 0. The molecule has 1 amide bonds. The Morgan fingerprint density at radius 3 is 3.20 bits per heavy atom. The number of rotatable bonds is 5. The molecule has 6 nitrogen and oxygen atoms in total. The van der Waals surface area contributed by atoms with E-state index in [0.717, 1.165) is 24.2 Å². The maximum atomic E-state index is 11.6. The molecule has 2 heterocycles. The Kier molecular flexibility index (Phi) is 5.20. The highest BCUT2D eigenvalue weighted by molar-refractivity contribution is 5.87. The lowest BCUT2D eigenvalue weighted by molar-refractivity contribution is -0.116. The average molecular weight is 276 g/mol. The van der Waals surface area contributed by atoms with Crippen LogP contribution in [0.25, 0.3) is 0 Å². The number of nitrogens with zero attached hydrogens (tertiary/aromatic N) is 3. The van der Waals surface area contributed by atoms with Crippen molar-refractivity contribution >= 4 is 5.91 Å². The van der Waals surface area contributed by atoms with E-state index in [1.807, 2.05) is 25.1 Å². The van der Waals surface area contributed by atoms with Crippen molar-refractivity contribution in [2.24, 2.45) is 0 Å². The van der Waals surface area contributed by atoms with Gasteiger partial charge in [0.25, 0.3) is 0 Å². The average Bonchev–Trinajstić information content (AvgIpc) is 2.44. The third kappa shape index (κ3) is 4.40. The summed E-state index contributed by atoms with van der Waals surface area (Å²) in [4.78, 5) is 22.3. The lowest BCUT2D eigenvalue weighted by Crippen LogP contribution is -2.23. The SMILES string of the molecule is CN(C)C/C=C/C(=O)NCc1ncc2c(n1)CCOC2. The van der Waals surface area contributed by atoms with Crippen LogP contribution in [0.4, 0.5) is 0 Å². The van der Waals surface area contributed by atoms with Crippen LogP contribution in [-0.2, 0) is 29.1 Å². The van der Waals surface area contributed by atoms with Crippen molar-refractivity contribution in [3.8, 4) is 0 Å². The Labute approximate surface area is 118 Å². The van der Waals surface area contributed by atoms with Gasteiger partial charge in [0.2, 0.25) is 5.91 Å². The molecule has 0 atom stereocenters. The third-order valence-electron chi connectivity index (χ3n) is 2.91. The van der Waals surface area contributed by atoms with Crippen LogP contribution in [-0.4, -0.2) is 48.0 Å². The molecule has 0 aromatic carbocycles. The molecule has 108 valence electrons. The summed E-state index contributed by atoms with van der Waals surface area (Å²) in [6.45, 7) is 2.36. The molecule has 0 bridgehead atoms. The lowest BCUT2D eigenvalue weighted by Gasteiger charge is -2.15. The largest absolute Gasteiger partial charge is 0.376 e. The summed E-state index contributed by atoms with van der Waals surface area (Å²) in [6.07, 6.45) is 5.94. The van der Waals surface area contributed by atoms with Gasteiger partial charge >= 0.3 is 0 Å². The van der Waals surface area contributed by atoms with Gasteiger partial charge in [-0.2, -0.15) is 0 Å². The number of carbonyl (C=O) groups excluding carboxylic acids is 1. The van der Waals surface area contributed by atoms with Gasteiger partial charge in [-0.15, -0.1) is 0 Å². The Morgan fingerprint density at radius 2 is 2.40 bits per heavy atom. The van der Waals surface area contributed by atoms with Gasteiger partial charge in [-0.1, -0.05) is 6.08 Å². The molecule has 0 fully saturated rings. The zero-order valence-corrected chi connectivity index (χ0v) is 11.9. The van der Waals surface area contributed by atoms with Crippen molar-refractivity contribution in [3.05, 3.63) is 35.4 Å². The molecule has 6 heteroatoms. The topological polar surface area (TPSA) is 67.4 Å².